The molecule has 2 rings (SSSR count). The Bertz CT molecular complexity index is 624. The molecule has 0 aliphatic heterocycles. The fourth-order valence-corrected chi connectivity index (χ4v) is 1.98. The second kappa shape index (κ2) is 8.05. The molecule has 0 aliphatic rings. The Morgan fingerprint density at radius 1 is 1.05 bits per heavy atom. The first-order chi connectivity index (χ1) is 10.7. The molecule has 0 unspecified atom stereocenters. The van der Waals surface area contributed by atoms with Gasteiger partial charge in [0.15, 0.2) is 18.2 Å². The highest BCUT2D eigenvalue weighted by molar-refractivity contribution is 6.08. The molecule has 0 bridgehead atoms. The number of carbonyl (C=O) groups is 2. The molecule has 0 saturated heterocycles. The number of amides is 1. The zero-order chi connectivity index (χ0) is 15.8. The molecule has 1 aromatic carbocycles. The standard InChI is InChI=1S/C17H18N2O3/c1-22-12-9-18-16(20)13-19-10-7-15(8-11-19)17(21)14-5-3-2-4-6-14/h2-8,10-11H,9,12-13H2,1H3/p+1. The van der Waals surface area contributed by atoms with Crippen LogP contribution in [0.25, 0.3) is 0 Å². The highest BCUT2D eigenvalue weighted by Gasteiger charge is 2.12. The van der Waals surface area contributed by atoms with Gasteiger partial charge in [-0.2, -0.15) is 4.57 Å². The van der Waals surface area contributed by atoms with Crippen LogP contribution in [-0.2, 0) is 16.1 Å². The van der Waals surface area contributed by atoms with E-state index in [9.17, 15) is 9.59 Å². The molecule has 114 valence electrons. The Balaban J connectivity index is 1.96. The molecule has 0 atom stereocenters. The maximum atomic E-state index is 12.3. The van der Waals surface area contributed by atoms with Crippen LogP contribution in [0.3, 0.4) is 0 Å². The molecule has 0 spiro atoms. The molecule has 1 N–H and O–H groups in total. The SMILES string of the molecule is COCCNC(=O)C[n+]1ccc(C(=O)c2ccccc2)cc1. The first kappa shape index (κ1) is 15.9. The van der Waals surface area contributed by atoms with Crippen LogP contribution in [0, 0.1) is 0 Å². The zero-order valence-electron chi connectivity index (χ0n) is 12.5. The van der Waals surface area contributed by atoms with Gasteiger partial charge in [0.05, 0.1) is 6.61 Å². The van der Waals surface area contributed by atoms with E-state index < -0.39 is 0 Å². The summed E-state index contributed by atoms with van der Waals surface area (Å²) in [6.45, 7) is 1.19. The van der Waals surface area contributed by atoms with Crippen molar-refractivity contribution in [1.82, 2.24) is 5.32 Å². The van der Waals surface area contributed by atoms with E-state index in [-0.39, 0.29) is 18.2 Å². The molecular formula is C17H19N2O3+. The van der Waals surface area contributed by atoms with E-state index in [1.165, 1.54) is 0 Å². The van der Waals surface area contributed by atoms with E-state index in [1.54, 1.807) is 48.3 Å². The van der Waals surface area contributed by atoms with Crippen molar-refractivity contribution >= 4 is 11.7 Å². The lowest BCUT2D eigenvalue weighted by atomic mass is 10.0. The molecule has 1 aromatic heterocycles. The number of ether oxygens (including phenoxy) is 1. The van der Waals surface area contributed by atoms with Gasteiger partial charge in [-0.15, -0.1) is 0 Å². The van der Waals surface area contributed by atoms with E-state index in [4.69, 9.17) is 4.74 Å². The minimum Gasteiger partial charge on any atom is -0.383 e. The number of methoxy groups -OCH3 is 1. The first-order valence-corrected chi connectivity index (χ1v) is 7.05. The third-order valence-electron chi connectivity index (χ3n) is 3.14. The van der Waals surface area contributed by atoms with Crippen molar-refractivity contribution in [2.75, 3.05) is 20.3 Å². The van der Waals surface area contributed by atoms with Gasteiger partial charge >= 0.3 is 0 Å². The van der Waals surface area contributed by atoms with Crippen LogP contribution in [0.15, 0.2) is 54.9 Å². The number of hydrogen-bond donors (Lipinski definition) is 1. The van der Waals surface area contributed by atoms with Crippen molar-refractivity contribution < 1.29 is 18.9 Å². The Morgan fingerprint density at radius 3 is 2.32 bits per heavy atom. The molecule has 22 heavy (non-hydrogen) atoms. The predicted molar refractivity (Wildman–Crippen MR) is 81.4 cm³/mol. The van der Waals surface area contributed by atoms with Crippen molar-refractivity contribution in [3.63, 3.8) is 0 Å². The van der Waals surface area contributed by atoms with E-state index in [1.807, 2.05) is 18.2 Å². The van der Waals surface area contributed by atoms with Gasteiger partial charge in [-0.05, 0) is 0 Å². The summed E-state index contributed by atoms with van der Waals surface area (Å²) in [5.74, 6) is -0.124. The van der Waals surface area contributed by atoms with Crippen molar-refractivity contribution in [3.8, 4) is 0 Å². The largest absolute Gasteiger partial charge is 0.383 e. The van der Waals surface area contributed by atoms with Gasteiger partial charge in [-0.3, -0.25) is 9.59 Å². The number of pyridine rings is 1. The summed E-state index contributed by atoms with van der Waals surface area (Å²) in [5, 5.41) is 2.74. The average molecular weight is 299 g/mol. The van der Waals surface area contributed by atoms with Gasteiger partial charge in [0.2, 0.25) is 6.54 Å². The quantitative estimate of drug-likeness (QED) is 0.471. The van der Waals surface area contributed by atoms with E-state index in [0.717, 1.165) is 0 Å². The lowest BCUT2D eigenvalue weighted by Gasteiger charge is -2.03. The summed E-state index contributed by atoms with van der Waals surface area (Å²) in [5.41, 5.74) is 1.25. The molecule has 2 aromatic rings. The third kappa shape index (κ3) is 4.49. The Morgan fingerprint density at radius 2 is 1.68 bits per heavy atom. The minimum atomic E-state index is -0.0933. The monoisotopic (exact) mass is 299 g/mol. The van der Waals surface area contributed by atoms with Gasteiger partial charge in [-0.1, -0.05) is 30.3 Å². The summed E-state index contributed by atoms with van der Waals surface area (Å²) in [7, 11) is 1.59. The van der Waals surface area contributed by atoms with Crippen LogP contribution in [0.5, 0.6) is 0 Å². The number of carbonyl (C=O) groups excluding carboxylic acids is 2. The fraction of sp³-hybridized carbons (Fsp3) is 0.235. The maximum absolute atomic E-state index is 12.3. The van der Waals surface area contributed by atoms with E-state index >= 15 is 0 Å². The molecule has 5 nitrogen and oxygen atoms in total. The van der Waals surface area contributed by atoms with Crippen LogP contribution < -0.4 is 9.88 Å². The predicted octanol–water partition coefficient (Wildman–Crippen LogP) is 0.968. The Hall–Kier alpha value is -2.53. The van der Waals surface area contributed by atoms with Gasteiger partial charge in [0, 0.05) is 36.9 Å². The molecule has 0 aliphatic carbocycles. The maximum Gasteiger partial charge on any atom is 0.286 e. The van der Waals surface area contributed by atoms with Gasteiger partial charge in [0.25, 0.3) is 5.91 Å². The zero-order valence-corrected chi connectivity index (χ0v) is 12.5. The van der Waals surface area contributed by atoms with E-state index in [2.05, 4.69) is 5.32 Å². The normalized spacial score (nSPS) is 10.2. The van der Waals surface area contributed by atoms with Crippen LogP contribution in [0.1, 0.15) is 15.9 Å². The summed E-state index contributed by atoms with van der Waals surface area (Å²) >= 11 is 0. The van der Waals surface area contributed by atoms with E-state index in [0.29, 0.717) is 24.3 Å². The topological polar surface area (TPSA) is 59.3 Å². The summed E-state index contributed by atoms with van der Waals surface area (Å²) in [6.07, 6.45) is 3.46. The number of nitrogens with one attached hydrogen (secondary N) is 1. The molecule has 5 heteroatoms. The van der Waals surface area contributed by atoms with Crippen LogP contribution in [0.2, 0.25) is 0 Å². The van der Waals surface area contributed by atoms with Crippen molar-refractivity contribution in [1.29, 1.82) is 0 Å². The van der Waals surface area contributed by atoms with Gasteiger partial charge < -0.3 is 10.1 Å². The van der Waals surface area contributed by atoms with Crippen molar-refractivity contribution in [2.24, 2.45) is 0 Å². The first-order valence-electron chi connectivity index (χ1n) is 7.05. The number of nitrogens with zero attached hydrogens (tertiary/aromatic N) is 1. The fourth-order valence-electron chi connectivity index (χ4n) is 1.98. The van der Waals surface area contributed by atoms with Crippen LogP contribution in [0.4, 0.5) is 0 Å². The summed E-state index contributed by atoms with van der Waals surface area (Å²) in [6, 6.07) is 12.5. The number of hydrogen-bond acceptors (Lipinski definition) is 3. The van der Waals surface area contributed by atoms with Gasteiger partial charge in [0.1, 0.15) is 0 Å². The number of benzene rings is 1. The molecule has 0 fully saturated rings. The molecular weight excluding hydrogens is 280 g/mol. The average Bonchev–Trinajstić information content (AvgIpc) is 2.56. The third-order valence-corrected chi connectivity index (χ3v) is 3.14. The minimum absolute atomic E-state index is 0.0303. The smallest absolute Gasteiger partial charge is 0.286 e. The molecule has 0 radical (unpaired) electrons. The highest BCUT2D eigenvalue weighted by Crippen LogP contribution is 2.07. The number of rotatable bonds is 7. The number of aromatic nitrogens is 1. The lowest BCUT2D eigenvalue weighted by molar-refractivity contribution is -0.684. The number of ketones is 1. The Kier molecular flexibility index (Phi) is 5.80. The van der Waals surface area contributed by atoms with Crippen molar-refractivity contribution in [2.45, 2.75) is 6.54 Å². The Labute approximate surface area is 129 Å². The lowest BCUT2D eigenvalue weighted by Crippen LogP contribution is -2.43. The second-order valence-corrected chi connectivity index (χ2v) is 4.80. The molecule has 1 heterocycles. The molecule has 0 saturated carbocycles. The summed E-state index contributed by atoms with van der Waals surface area (Å²) in [4.78, 5) is 23.9. The van der Waals surface area contributed by atoms with Gasteiger partial charge in [-0.25, -0.2) is 0 Å². The highest BCUT2D eigenvalue weighted by atomic mass is 16.5. The summed E-state index contributed by atoms with van der Waals surface area (Å²) < 4.78 is 6.59. The van der Waals surface area contributed by atoms with Crippen molar-refractivity contribution in [3.05, 3.63) is 66.0 Å². The van der Waals surface area contributed by atoms with Crippen LogP contribution in [-0.4, -0.2) is 32.0 Å². The molecule has 1 amide bonds. The van der Waals surface area contributed by atoms with Crippen LogP contribution >= 0.6 is 0 Å². The second-order valence-electron chi connectivity index (χ2n) is 4.80.